The lowest BCUT2D eigenvalue weighted by Crippen LogP contribution is -2.30. The van der Waals surface area contributed by atoms with Gasteiger partial charge in [0.2, 0.25) is 0 Å². The fourth-order valence-corrected chi connectivity index (χ4v) is 3.90. The molecule has 0 aliphatic carbocycles. The van der Waals surface area contributed by atoms with E-state index in [1.54, 1.807) is 12.4 Å². The van der Waals surface area contributed by atoms with E-state index in [0.717, 1.165) is 24.9 Å². The van der Waals surface area contributed by atoms with Crippen molar-refractivity contribution in [3.63, 3.8) is 0 Å². The highest BCUT2D eigenvalue weighted by Gasteiger charge is 2.31. The fraction of sp³-hybridized carbons (Fsp3) is 0.261. The largest absolute Gasteiger partial charge is 0.332 e. The van der Waals surface area contributed by atoms with Crippen LogP contribution in [-0.4, -0.2) is 27.3 Å². The van der Waals surface area contributed by atoms with Crippen molar-refractivity contribution in [3.8, 4) is 11.4 Å². The number of amides is 1. The van der Waals surface area contributed by atoms with Crippen LogP contribution in [0.4, 0.5) is 0 Å². The summed E-state index contributed by atoms with van der Waals surface area (Å²) >= 11 is 0. The summed E-state index contributed by atoms with van der Waals surface area (Å²) in [5.74, 6) is 0.649. The summed E-state index contributed by atoms with van der Waals surface area (Å²) in [5.41, 5.74) is 5.19. The molecule has 4 rings (SSSR count). The molecule has 4 heteroatoms. The van der Waals surface area contributed by atoms with Gasteiger partial charge in [0, 0.05) is 24.5 Å². The van der Waals surface area contributed by atoms with Crippen molar-refractivity contribution in [1.82, 2.24) is 14.9 Å². The van der Waals surface area contributed by atoms with E-state index in [1.165, 1.54) is 16.7 Å². The molecule has 0 spiro atoms. The second-order valence-corrected chi connectivity index (χ2v) is 7.24. The predicted molar refractivity (Wildman–Crippen MR) is 106 cm³/mol. The zero-order valence-corrected chi connectivity index (χ0v) is 15.7. The minimum atomic E-state index is 0.0104. The van der Waals surface area contributed by atoms with E-state index >= 15 is 0 Å². The molecule has 3 aromatic rings. The van der Waals surface area contributed by atoms with Gasteiger partial charge >= 0.3 is 0 Å². The van der Waals surface area contributed by atoms with E-state index in [1.807, 2.05) is 35.2 Å². The van der Waals surface area contributed by atoms with Gasteiger partial charge in [-0.1, -0.05) is 59.7 Å². The Balaban J connectivity index is 1.58. The highest BCUT2D eigenvalue weighted by molar-refractivity contribution is 5.94. The number of nitrogens with zero attached hydrogens (tertiary/aromatic N) is 3. The van der Waals surface area contributed by atoms with Crippen molar-refractivity contribution >= 4 is 5.91 Å². The number of benzene rings is 2. The molecule has 1 atom stereocenters. The molecule has 1 aliphatic rings. The number of hydrogen-bond acceptors (Lipinski definition) is 3. The van der Waals surface area contributed by atoms with Gasteiger partial charge < -0.3 is 4.90 Å². The maximum atomic E-state index is 13.1. The van der Waals surface area contributed by atoms with Gasteiger partial charge in [-0.15, -0.1) is 0 Å². The van der Waals surface area contributed by atoms with Crippen molar-refractivity contribution in [2.75, 3.05) is 6.54 Å². The van der Waals surface area contributed by atoms with Crippen molar-refractivity contribution < 1.29 is 4.79 Å². The van der Waals surface area contributed by atoms with Gasteiger partial charge in [-0.25, -0.2) is 9.97 Å². The van der Waals surface area contributed by atoms with Crippen molar-refractivity contribution in [1.29, 1.82) is 0 Å². The molecule has 0 N–H and O–H groups in total. The zero-order valence-electron chi connectivity index (χ0n) is 15.7. The van der Waals surface area contributed by atoms with Gasteiger partial charge in [0.15, 0.2) is 5.82 Å². The number of rotatable bonds is 3. The Morgan fingerprint density at radius 3 is 2.33 bits per heavy atom. The lowest BCUT2D eigenvalue weighted by atomic mass is 9.99. The van der Waals surface area contributed by atoms with Crippen LogP contribution in [0.1, 0.15) is 45.9 Å². The van der Waals surface area contributed by atoms with Gasteiger partial charge in [-0.05, 0) is 32.3 Å². The standard InChI is InChI=1S/C23H23N3O/c1-16-11-17(2)13-19(12-16)21-9-6-10-26(21)23(27)20-14-24-22(25-15-20)18-7-4-3-5-8-18/h3-5,7-8,11-15,21H,6,9-10H2,1-2H3. The summed E-state index contributed by atoms with van der Waals surface area (Å²) in [4.78, 5) is 23.9. The molecule has 2 aromatic carbocycles. The zero-order chi connectivity index (χ0) is 18.8. The number of aromatic nitrogens is 2. The van der Waals surface area contributed by atoms with Crippen LogP contribution >= 0.6 is 0 Å². The first-order valence-electron chi connectivity index (χ1n) is 9.38. The van der Waals surface area contributed by atoms with E-state index < -0.39 is 0 Å². The average molecular weight is 357 g/mol. The fourth-order valence-electron chi connectivity index (χ4n) is 3.90. The summed E-state index contributed by atoms with van der Waals surface area (Å²) in [7, 11) is 0. The molecule has 27 heavy (non-hydrogen) atoms. The Kier molecular flexibility index (Phi) is 4.71. The summed E-state index contributed by atoms with van der Waals surface area (Å²) in [5, 5.41) is 0. The van der Waals surface area contributed by atoms with E-state index in [0.29, 0.717) is 11.4 Å². The maximum absolute atomic E-state index is 13.1. The van der Waals surface area contributed by atoms with Crippen LogP contribution in [-0.2, 0) is 0 Å². The lowest BCUT2D eigenvalue weighted by molar-refractivity contribution is 0.0734. The van der Waals surface area contributed by atoms with Crippen LogP contribution in [0.15, 0.2) is 60.9 Å². The SMILES string of the molecule is Cc1cc(C)cc(C2CCCN2C(=O)c2cnc(-c3ccccc3)nc2)c1. The van der Waals surface area contributed by atoms with Crippen LogP contribution in [0, 0.1) is 13.8 Å². The quantitative estimate of drug-likeness (QED) is 0.680. The third kappa shape index (κ3) is 3.61. The van der Waals surface area contributed by atoms with Crippen LogP contribution in [0.3, 0.4) is 0 Å². The maximum Gasteiger partial charge on any atom is 0.257 e. The number of carbonyl (C=O) groups excluding carboxylic acids is 1. The summed E-state index contributed by atoms with van der Waals surface area (Å²) in [6, 6.07) is 16.5. The molecule has 1 amide bonds. The Morgan fingerprint density at radius 2 is 1.67 bits per heavy atom. The first kappa shape index (κ1) is 17.4. The van der Waals surface area contributed by atoms with Crippen molar-refractivity contribution in [2.45, 2.75) is 32.7 Å². The van der Waals surface area contributed by atoms with E-state index in [-0.39, 0.29) is 11.9 Å². The second kappa shape index (κ2) is 7.31. The molecule has 1 aliphatic heterocycles. The second-order valence-electron chi connectivity index (χ2n) is 7.24. The number of hydrogen-bond donors (Lipinski definition) is 0. The summed E-state index contributed by atoms with van der Waals surface area (Å²) in [6.07, 6.45) is 5.31. The molecule has 0 saturated carbocycles. The topological polar surface area (TPSA) is 46.1 Å². The molecule has 4 nitrogen and oxygen atoms in total. The Labute approximate surface area is 159 Å². The summed E-state index contributed by atoms with van der Waals surface area (Å²) in [6.45, 7) is 4.98. The summed E-state index contributed by atoms with van der Waals surface area (Å²) < 4.78 is 0. The Bertz CT molecular complexity index is 931. The monoisotopic (exact) mass is 357 g/mol. The molecule has 1 unspecified atom stereocenters. The lowest BCUT2D eigenvalue weighted by Gasteiger charge is -2.25. The molecule has 2 heterocycles. The number of carbonyl (C=O) groups is 1. The highest BCUT2D eigenvalue weighted by Crippen LogP contribution is 2.34. The van der Waals surface area contributed by atoms with Crippen LogP contribution in [0.2, 0.25) is 0 Å². The number of likely N-dealkylation sites (tertiary alicyclic amines) is 1. The molecule has 0 bridgehead atoms. The van der Waals surface area contributed by atoms with Crippen LogP contribution in [0.5, 0.6) is 0 Å². The van der Waals surface area contributed by atoms with Gasteiger partial charge in [-0.2, -0.15) is 0 Å². The minimum absolute atomic E-state index is 0.0104. The van der Waals surface area contributed by atoms with Gasteiger partial charge in [0.25, 0.3) is 5.91 Å². The highest BCUT2D eigenvalue weighted by atomic mass is 16.2. The molecule has 0 radical (unpaired) electrons. The normalized spacial score (nSPS) is 16.5. The van der Waals surface area contributed by atoms with E-state index in [2.05, 4.69) is 42.0 Å². The third-order valence-electron chi connectivity index (χ3n) is 5.07. The minimum Gasteiger partial charge on any atom is -0.332 e. The van der Waals surface area contributed by atoms with Crippen molar-refractivity contribution in [3.05, 3.63) is 83.2 Å². The molecular weight excluding hydrogens is 334 g/mol. The number of aryl methyl sites for hydroxylation is 2. The average Bonchev–Trinajstić information content (AvgIpc) is 3.17. The first-order valence-corrected chi connectivity index (χ1v) is 9.38. The molecule has 1 fully saturated rings. The molecule has 136 valence electrons. The van der Waals surface area contributed by atoms with Gasteiger partial charge in [-0.3, -0.25) is 4.79 Å². The molecule has 1 saturated heterocycles. The van der Waals surface area contributed by atoms with Crippen molar-refractivity contribution in [2.24, 2.45) is 0 Å². The van der Waals surface area contributed by atoms with E-state index in [9.17, 15) is 4.79 Å². The van der Waals surface area contributed by atoms with Gasteiger partial charge in [0.05, 0.1) is 11.6 Å². The Morgan fingerprint density at radius 1 is 1.00 bits per heavy atom. The first-order chi connectivity index (χ1) is 13.1. The van der Waals surface area contributed by atoms with E-state index in [4.69, 9.17) is 0 Å². The smallest absolute Gasteiger partial charge is 0.257 e. The molecule has 1 aromatic heterocycles. The molecular formula is C23H23N3O. The Hall–Kier alpha value is -3.01. The van der Waals surface area contributed by atoms with Crippen LogP contribution < -0.4 is 0 Å². The third-order valence-corrected chi connectivity index (χ3v) is 5.07. The van der Waals surface area contributed by atoms with Crippen LogP contribution in [0.25, 0.3) is 11.4 Å². The van der Waals surface area contributed by atoms with Gasteiger partial charge in [0.1, 0.15) is 0 Å². The predicted octanol–water partition coefficient (Wildman–Crippen LogP) is 4.74.